The predicted octanol–water partition coefficient (Wildman–Crippen LogP) is 2.06. The van der Waals surface area contributed by atoms with Crippen molar-refractivity contribution in [3.63, 3.8) is 0 Å². The van der Waals surface area contributed by atoms with Gasteiger partial charge in [-0.25, -0.2) is 13.1 Å². The highest BCUT2D eigenvalue weighted by molar-refractivity contribution is 9.10. The van der Waals surface area contributed by atoms with Crippen molar-refractivity contribution >= 4 is 32.0 Å². The molecule has 21 heavy (non-hydrogen) atoms. The van der Waals surface area contributed by atoms with Crippen LogP contribution in [-0.2, 0) is 10.0 Å². The molecule has 0 spiro atoms. The van der Waals surface area contributed by atoms with Crippen LogP contribution in [0.3, 0.4) is 0 Å². The van der Waals surface area contributed by atoms with E-state index < -0.39 is 10.0 Å². The van der Waals surface area contributed by atoms with Crippen molar-refractivity contribution in [2.45, 2.75) is 23.8 Å². The first-order valence-electron chi connectivity index (χ1n) is 6.40. The van der Waals surface area contributed by atoms with E-state index in [9.17, 15) is 8.42 Å². The molecule has 1 saturated heterocycles. The summed E-state index contributed by atoms with van der Waals surface area (Å²) in [7, 11) is -3.77. The van der Waals surface area contributed by atoms with E-state index in [1.807, 2.05) is 0 Å². The van der Waals surface area contributed by atoms with Crippen LogP contribution in [-0.4, -0.2) is 25.2 Å². The molecule has 1 aromatic carbocycles. The second-order valence-electron chi connectivity index (χ2n) is 4.63. The highest BCUT2D eigenvalue weighted by atomic mass is 79.9. The minimum atomic E-state index is -3.77. The monoisotopic (exact) mass is 372 g/mol. The van der Waals surface area contributed by atoms with Gasteiger partial charge in [-0.1, -0.05) is 17.2 Å². The molecule has 1 aliphatic rings. The smallest absolute Gasteiger partial charge is 0.329 e. The van der Waals surface area contributed by atoms with Gasteiger partial charge in [-0.2, -0.15) is 0 Å². The molecule has 1 aromatic heterocycles. The van der Waals surface area contributed by atoms with Crippen LogP contribution < -0.4 is 10.0 Å². The number of hydrogen-bond donors (Lipinski definition) is 2. The summed E-state index contributed by atoms with van der Waals surface area (Å²) in [4.78, 5) is 0.115. The lowest BCUT2D eigenvalue weighted by atomic mass is 10.2. The van der Waals surface area contributed by atoms with Gasteiger partial charge in [-0.15, -0.1) is 5.10 Å². The first-order chi connectivity index (χ1) is 10.1. The Kier molecular flexibility index (Phi) is 3.96. The Morgan fingerprint density at radius 3 is 2.86 bits per heavy atom. The van der Waals surface area contributed by atoms with E-state index in [1.54, 1.807) is 18.2 Å². The number of nitrogens with one attached hydrogen (secondary N) is 2. The highest BCUT2D eigenvalue weighted by Crippen LogP contribution is 2.26. The molecule has 0 radical (unpaired) electrons. The maximum absolute atomic E-state index is 12.3. The molecule has 3 rings (SSSR count). The summed E-state index contributed by atoms with van der Waals surface area (Å²) in [6.07, 6.45) is 1.93. The predicted molar refractivity (Wildman–Crippen MR) is 79.2 cm³/mol. The SMILES string of the molecule is O=S(=O)(Nc1nnc(C2CCCN2)o1)c1ccccc1Br. The van der Waals surface area contributed by atoms with Crippen LogP contribution in [0.25, 0.3) is 0 Å². The molecule has 0 saturated carbocycles. The van der Waals surface area contributed by atoms with Gasteiger partial charge >= 0.3 is 6.01 Å². The fourth-order valence-corrected chi connectivity index (χ4v) is 4.07. The van der Waals surface area contributed by atoms with Gasteiger partial charge in [-0.05, 0) is 47.4 Å². The number of benzene rings is 1. The number of sulfonamides is 1. The van der Waals surface area contributed by atoms with Crippen LogP contribution in [0, 0.1) is 0 Å². The second-order valence-corrected chi connectivity index (χ2v) is 7.14. The van der Waals surface area contributed by atoms with E-state index in [0.717, 1.165) is 19.4 Å². The van der Waals surface area contributed by atoms with Crippen LogP contribution in [0.15, 0.2) is 38.1 Å². The van der Waals surface area contributed by atoms with Crippen molar-refractivity contribution in [2.75, 3.05) is 11.3 Å². The minimum absolute atomic E-state index is 0.000726. The topological polar surface area (TPSA) is 97.1 Å². The normalized spacial score (nSPS) is 18.8. The summed E-state index contributed by atoms with van der Waals surface area (Å²) >= 11 is 3.21. The molecule has 1 unspecified atom stereocenters. The van der Waals surface area contributed by atoms with Crippen LogP contribution >= 0.6 is 15.9 Å². The molecule has 0 aliphatic carbocycles. The van der Waals surface area contributed by atoms with Gasteiger partial charge in [0, 0.05) is 4.47 Å². The van der Waals surface area contributed by atoms with Gasteiger partial charge in [-0.3, -0.25) is 0 Å². The molecule has 0 bridgehead atoms. The van der Waals surface area contributed by atoms with E-state index in [-0.39, 0.29) is 17.0 Å². The van der Waals surface area contributed by atoms with Crippen LogP contribution in [0.4, 0.5) is 6.01 Å². The second kappa shape index (κ2) is 5.74. The van der Waals surface area contributed by atoms with Gasteiger partial charge in [0.15, 0.2) is 0 Å². The average molecular weight is 373 g/mol. The summed E-state index contributed by atoms with van der Waals surface area (Å²) < 4.78 is 32.7. The third kappa shape index (κ3) is 3.09. The number of nitrogens with zero attached hydrogens (tertiary/aromatic N) is 2. The zero-order chi connectivity index (χ0) is 14.9. The number of anilines is 1. The van der Waals surface area contributed by atoms with Crippen LogP contribution in [0.1, 0.15) is 24.8 Å². The lowest BCUT2D eigenvalue weighted by molar-refractivity contribution is 0.439. The molecular weight excluding hydrogens is 360 g/mol. The van der Waals surface area contributed by atoms with Crippen molar-refractivity contribution in [2.24, 2.45) is 0 Å². The fourth-order valence-electron chi connectivity index (χ4n) is 2.14. The molecule has 2 aromatic rings. The molecule has 0 amide bonds. The summed E-state index contributed by atoms with van der Waals surface area (Å²) in [6, 6.07) is 6.38. The van der Waals surface area contributed by atoms with E-state index in [1.165, 1.54) is 6.07 Å². The highest BCUT2D eigenvalue weighted by Gasteiger charge is 2.24. The van der Waals surface area contributed by atoms with Gasteiger partial charge in [0.25, 0.3) is 10.0 Å². The Bertz CT molecular complexity index is 740. The Labute approximate surface area is 130 Å². The zero-order valence-corrected chi connectivity index (χ0v) is 13.3. The molecule has 1 atom stereocenters. The molecule has 112 valence electrons. The van der Waals surface area contributed by atoms with Gasteiger partial charge in [0.1, 0.15) is 4.90 Å². The lowest BCUT2D eigenvalue weighted by Gasteiger charge is -2.06. The van der Waals surface area contributed by atoms with Crippen molar-refractivity contribution in [1.29, 1.82) is 0 Å². The zero-order valence-electron chi connectivity index (χ0n) is 10.9. The third-order valence-electron chi connectivity index (χ3n) is 3.15. The molecule has 7 nitrogen and oxygen atoms in total. The van der Waals surface area contributed by atoms with E-state index >= 15 is 0 Å². The molecule has 1 fully saturated rings. The first kappa shape index (κ1) is 14.5. The largest absolute Gasteiger partial charge is 0.406 e. The van der Waals surface area contributed by atoms with Gasteiger partial charge in [0.05, 0.1) is 6.04 Å². The van der Waals surface area contributed by atoms with Crippen molar-refractivity contribution in [3.05, 3.63) is 34.6 Å². The van der Waals surface area contributed by atoms with E-state index in [0.29, 0.717) is 10.4 Å². The van der Waals surface area contributed by atoms with Crippen LogP contribution in [0.2, 0.25) is 0 Å². The quantitative estimate of drug-likeness (QED) is 0.852. The van der Waals surface area contributed by atoms with Crippen molar-refractivity contribution in [1.82, 2.24) is 15.5 Å². The lowest BCUT2D eigenvalue weighted by Crippen LogP contribution is -2.14. The van der Waals surface area contributed by atoms with Crippen LogP contribution in [0.5, 0.6) is 0 Å². The fraction of sp³-hybridized carbons (Fsp3) is 0.333. The molecule has 9 heteroatoms. The Balaban J connectivity index is 1.81. The Hall–Kier alpha value is -1.45. The summed E-state index contributed by atoms with van der Waals surface area (Å²) in [5.74, 6) is 0.400. The van der Waals surface area contributed by atoms with E-state index in [4.69, 9.17) is 4.42 Å². The molecule has 2 heterocycles. The number of halogens is 1. The molecule has 1 aliphatic heterocycles. The third-order valence-corrected chi connectivity index (χ3v) is 5.48. The van der Waals surface area contributed by atoms with Gasteiger partial charge in [0.2, 0.25) is 5.89 Å². The van der Waals surface area contributed by atoms with Gasteiger partial charge < -0.3 is 9.73 Å². The summed E-state index contributed by atoms with van der Waals surface area (Å²) in [5.41, 5.74) is 0. The summed E-state index contributed by atoms with van der Waals surface area (Å²) in [5, 5.41) is 10.8. The molecular formula is C12H13BrN4O3S. The Morgan fingerprint density at radius 2 is 2.14 bits per heavy atom. The first-order valence-corrected chi connectivity index (χ1v) is 8.68. The number of rotatable bonds is 4. The van der Waals surface area contributed by atoms with Crippen molar-refractivity contribution < 1.29 is 12.8 Å². The van der Waals surface area contributed by atoms with Crippen molar-refractivity contribution in [3.8, 4) is 0 Å². The Morgan fingerprint density at radius 1 is 1.33 bits per heavy atom. The average Bonchev–Trinajstić information content (AvgIpc) is 3.09. The number of aromatic nitrogens is 2. The maximum Gasteiger partial charge on any atom is 0.329 e. The molecule has 2 N–H and O–H groups in total. The maximum atomic E-state index is 12.3. The summed E-state index contributed by atoms with van der Waals surface area (Å²) in [6.45, 7) is 0.894. The van der Waals surface area contributed by atoms with E-state index in [2.05, 4.69) is 36.2 Å². The standard InChI is InChI=1S/C12H13BrN4O3S/c13-8-4-1-2-6-10(8)21(18,19)17-12-16-15-11(20-12)9-5-3-7-14-9/h1-2,4,6,9,14H,3,5,7H2,(H,16,17). The number of hydrogen-bond acceptors (Lipinski definition) is 6. The minimum Gasteiger partial charge on any atom is -0.406 e.